The molecule has 1 unspecified atom stereocenters. The molecule has 98 valence electrons. The van der Waals surface area contributed by atoms with E-state index >= 15 is 0 Å². The molecule has 1 aliphatic carbocycles. The molecular weight excluding hydrogens is 224 g/mol. The summed E-state index contributed by atoms with van der Waals surface area (Å²) in [6.45, 7) is 4.96. The summed E-state index contributed by atoms with van der Waals surface area (Å²) in [4.78, 5) is 0. The van der Waals surface area contributed by atoms with Gasteiger partial charge in [-0.1, -0.05) is 0 Å². The van der Waals surface area contributed by atoms with Crippen molar-refractivity contribution in [2.45, 2.75) is 64.1 Å². The first-order valence-electron chi connectivity index (χ1n) is 6.80. The molecule has 0 bridgehead atoms. The van der Waals surface area contributed by atoms with E-state index in [1.807, 2.05) is 30.8 Å². The fourth-order valence-electron chi connectivity index (χ4n) is 2.18. The molecule has 2 rings (SSSR count). The van der Waals surface area contributed by atoms with Crippen molar-refractivity contribution in [2.75, 3.05) is 0 Å². The molecule has 0 spiro atoms. The number of hydrogen-bond donors (Lipinski definition) is 1. The molecule has 0 amide bonds. The van der Waals surface area contributed by atoms with Crippen molar-refractivity contribution >= 4 is 0 Å². The van der Waals surface area contributed by atoms with Gasteiger partial charge in [0.2, 0.25) is 0 Å². The number of nitrogens with zero attached hydrogens (tertiary/aromatic N) is 3. The fourth-order valence-corrected chi connectivity index (χ4v) is 2.18. The second kappa shape index (κ2) is 5.53. The Labute approximate surface area is 109 Å². The van der Waals surface area contributed by atoms with E-state index in [9.17, 15) is 5.26 Å². The molecule has 4 nitrogen and oxygen atoms in total. The summed E-state index contributed by atoms with van der Waals surface area (Å²) in [5, 5.41) is 17.0. The maximum Gasteiger partial charge on any atom is 0.104 e. The van der Waals surface area contributed by atoms with Crippen LogP contribution in [0.1, 0.15) is 44.7 Å². The predicted molar refractivity (Wildman–Crippen MR) is 71.0 cm³/mol. The smallest absolute Gasteiger partial charge is 0.104 e. The summed E-state index contributed by atoms with van der Waals surface area (Å²) < 4.78 is 1.98. The first kappa shape index (κ1) is 13.1. The molecule has 1 N–H and O–H groups in total. The Kier molecular flexibility index (Phi) is 4.03. The molecule has 1 fully saturated rings. The van der Waals surface area contributed by atoms with Crippen LogP contribution in [0.25, 0.3) is 0 Å². The minimum atomic E-state index is -0.346. The first-order chi connectivity index (χ1) is 8.61. The monoisotopic (exact) mass is 246 g/mol. The van der Waals surface area contributed by atoms with Gasteiger partial charge in [-0.25, -0.2) is 0 Å². The van der Waals surface area contributed by atoms with Gasteiger partial charge in [-0.2, -0.15) is 10.4 Å². The van der Waals surface area contributed by atoms with Gasteiger partial charge >= 0.3 is 0 Å². The van der Waals surface area contributed by atoms with Gasteiger partial charge in [0.15, 0.2) is 0 Å². The molecular formula is C14H22N4. The Balaban J connectivity index is 1.68. The Morgan fingerprint density at radius 3 is 2.89 bits per heavy atom. The van der Waals surface area contributed by atoms with Crippen LogP contribution in [0.15, 0.2) is 12.3 Å². The van der Waals surface area contributed by atoms with Gasteiger partial charge in [-0.05, 0) is 52.0 Å². The van der Waals surface area contributed by atoms with Crippen molar-refractivity contribution < 1.29 is 0 Å². The maximum atomic E-state index is 9.25. The van der Waals surface area contributed by atoms with E-state index in [-0.39, 0.29) is 5.54 Å². The molecule has 1 atom stereocenters. The zero-order valence-electron chi connectivity index (χ0n) is 11.3. The van der Waals surface area contributed by atoms with E-state index in [4.69, 9.17) is 0 Å². The SMILES string of the molecule is Cc1ccn(CCCCC(C)(C#N)NC2CC2)n1. The third-order valence-corrected chi connectivity index (χ3v) is 3.43. The molecule has 1 aliphatic rings. The Morgan fingerprint density at radius 1 is 1.56 bits per heavy atom. The average molecular weight is 246 g/mol. The average Bonchev–Trinajstić information content (AvgIpc) is 3.06. The van der Waals surface area contributed by atoms with Crippen LogP contribution in [-0.4, -0.2) is 21.4 Å². The molecule has 18 heavy (non-hydrogen) atoms. The van der Waals surface area contributed by atoms with Crippen LogP contribution in [0.4, 0.5) is 0 Å². The summed E-state index contributed by atoms with van der Waals surface area (Å²) in [6, 6.07) is 5.03. The van der Waals surface area contributed by atoms with Gasteiger partial charge in [0, 0.05) is 18.8 Å². The highest BCUT2D eigenvalue weighted by molar-refractivity contribution is 5.06. The van der Waals surface area contributed by atoms with Crippen molar-refractivity contribution in [1.29, 1.82) is 5.26 Å². The summed E-state index contributed by atoms with van der Waals surface area (Å²) in [7, 11) is 0. The molecule has 0 radical (unpaired) electrons. The van der Waals surface area contributed by atoms with Gasteiger partial charge in [0.05, 0.1) is 11.8 Å². The van der Waals surface area contributed by atoms with Crippen LogP contribution >= 0.6 is 0 Å². The van der Waals surface area contributed by atoms with Gasteiger partial charge in [0.25, 0.3) is 0 Å². The number of nitrogens with one attached hydrogen (secondary N) is 1. The summed E-state index contributed by atoms with van der Waals surface area (Å²) in [5.41, 5.74) is 0.716. The number of rotatable bonds is 7. The van der Waals surface area contributed by atoms with Crippen LogP contribution in [0.2, 0.25) is 0 Å². The number of aromatic nitrogens is 2. The molecule has 0 aromatic carbocycles. The lowest BCUT2D eigenvalue weighted by atomic mass is 9.96. The van der Waals surface area contributed by atoms with Gasteiger partial charge in [0.1, 0.15) is 5.54 Å². The van der Waals surface area contributed by atoms with E-state index in [0.29, 0.717) is 6.04 Å². The lowest BCUT2D eigenvalue weighted by Gasteiger charge is -2.23. The van der Waals surface area contributed by atoms with Crippen LogP contribution in [0.3, 0.4) is 0 Å². The second-order valence-electron chi connectivity index (χ2n) is 5.54. The van der Waals surface area contributed by atoms with Gasteiger partial charge in [-0.15, -0.1) is 0 Å². The zero-order valence-corrected chi connectivity index (χ0v) is 11.3. The minimum absolute atomic E-state index is 0.346. The largest absolute Gasteiger partial charge is 0.297 e. The standard InChI is InChI=1S/C14H22N4/c1-12-7-10-18(17-12)9-4-3-8-14(2,11-15)16-13-5-6-13/h7,10,13,16H,3-6,8-9H2,1-2H3. The lowest BCUT2D eigenvalue weighted by Crippen LogP contribution is -2.42. The fraction of sp³-hybridized carbons (Fsp3) is 0.714. The van der Waals surface area contributed by atoms with Crippen molar-refractivity contribution in [3.63, 3.8) is 0 Å². The summed E-state index contributed by atoms with van der Waals surface area (Å²) in [6.07, 6.45) is 7.52. The third kappa shape index (κ3) is 3.85. The topological polar surface area (TPSA) is 53.6 Å². The molecule has 1 aromatic heterocycles. The highest BCUT2D eigenvalue weighted by atomic mass is 15.3. The zero-order chi connectivity index (χ0) is 13.0. The van der Waals surface area contributed by atoms with Crippen molar-refractivity contribution in [1.82, 2.24) is 15.1 Å². The number of hydrogen-bond acceptors (Lipinski definition) is 3. The first-order valence-corrected chi connectivity index (χ1v) is 6.80. The van der Waals surface area contributed by atoms with E-state index in [0.717, 1.165) is 31.5 Å². The van der Waals surface area contributed by atoms with Crippen LogP contribution in [-0.2, 0) is 6.54 Å². The van der Waals surface area contributed by atoms with E-state index < -0.39 is 0 Å². The molecule has 1 saturated carbocycles. The normalized spacial score (nSPS) is 18.3. The van der Waals surface area contributed by atoms with Crippen molar-refractivity contribution in [3.05, 3.63) is 18.0 Å². The number of nitriles is 1. The molecule has 0 saturated heterocycles. The van der Waals surface area contributed by atoms with E-state index in [1.165, 1.54) is 12.8 Å². The number of aryl methyl sites for hydroxylation is 2. The Bertz CT molecular complexity index is 427. The van der Waals surface area contributed by atoms with E-state index in [2.05, 4.69) is 16.5 Å². The highest BCUT2D eigenvalue weighted by Crippen LogP contribution is 2.24. The summed E-state index contributed by atoms with van der Waals surface area (Å²) in [5.74, 6) is 0. The lowest BCUT2D eigenvalue weighted by molar-refractivity contribution is 0.389. The molecule has 1 aromatic rings. The Hall–Kier alpha value is -1.34. The summed E-state index contributed by atoms with van der Waals surface area (Å²) >= 11 is 0. The third-order valence-electron chi connectivity index (χ3n) is 3.43. The predicted octanol–water partition coefficient (Wildman–Crippen LogP) is 2.40. The van der Waals surface area contributed by atoms with Crippen LogP contribution in [0.5, 0.6) is 0 Å². The highest BCUT2D eigenvalue weighted by Gasteiger charge is 2.31. The quantitative estimate of drug-likeness (QED) is 0.752. The van der Waals surface area contributed by atoms with Gasteiger partial charge in [-0.3, -0.25) is 10.00 Å². The molecule has 0 aliphatic heterocycles. The Morgan fingerprint density at radius 2 is 2.33 bits per heavy atom. The second-order valence-corrected chi connectivity index (χ2v) is 5.54. The van der Waals surface area contributed by atoms with Gasteiger partial charge < -0.3 is 0 Å². The van der Waals surface area contributed by atoms with E-state index in [1.54, 1.807) is 0 Å². The molecule has 4 heteroatoms. The molecule has 1 heterocycles. The van der Waals surface area contributed by atoms with Crippen molar-refractivity contribution in [3.8, 4) is 6.07 Å². The minimum Gasteiger partial charge on any atom is -0.297 e. The van der Waals surface area contributed by atoms with Crippen LogP contribution in [0, 0.1) is 18.3 Å². The number of unbranched alkanes of at least 4 members (excludes halogenated alkanes) is 1. The van der Waals surface area contributed by atoms with Crippen LogP contribution < -0.4 is 5.32 Å². The maximum absolute atomic E-state index is 9.25. The van der Waals surface area contributed by atoms with Crippen molar-refractivity contribution in [2.24, 2.45) is 0 Å².